The van der Waals surface area contributed by atoms with Gasteiger partial charge in [-0.3, -0.25) is 9.10 Å². The van der Waals surface area contributed by atoms with Crippen LogP contribution in [0.2, 0.25) is 10.0 Å². The quantitative estimate of drug-likeness (QED) is 0.735. The summed E-state index contributed by atoms with van der Waals surface area (Å²) in [4.78, 5) is 11.9. The van der Waals surface area contributed by atoms with Gasteiger partial charge in [-0.25, -0.2) is 8.42 Å². The number of ether oxygens (including phenoxy) is 1. The molecule has 0 unspecified atom stereocenters. The fourth-order valence-corrected chi connectivity index (χ4v) is 4.57. The Hall–Kier alpha value is -1.96. The van der Waals surface area contributed by atoms with Gasteiger partial charge in [-0.15, -0.1) is 0 Å². The molecule has 0 radical (unpaired) electrons. The lowest BCUT2D eigenvalue weighted by Crippen LogP contribution is -2.38. The number of sulfonamides is 1. The zero-order valence-corrected chi connectivity index (χ0v) is 16.6. The van der Waals surface area contributed by atoms with E-state index >= 15 is 0 Å². The SMILES string of the molecule is O=C(COc1cc(Cl)ccc1Cl)NCCS(=O)(=O)N1CCc2ccccc21. The van der Waals surface area contributed by atoms with Crippen molar-refractivity contribution in [2.45, 2.75) is 6.42 Å². The first-order valence-corrected chi connectivity index (χ1v) is 10.7. The molecule has 1 N–H and O–H groups in total. The largest absolute Gasteiger partial charge is 0.482 e. The van der Waals surface area contributed by atoms with E-state index in [1.807, 2.05) is 18.2 Å². The van der Waals surface area contributed by atoms with Gasteiger partial charge in [-0.2, -0.15) is 0 Å². The molecule has 0 aromatic heterocycles. The molecule has 1 aliphatic heterocycles. The Balaban J connectivity index is 1.49. The maximum atomic E-state index is 12.5. The van der Waals surface area contributed by atoms with Gasteiger partial charge in [0.15, 0.2) is 6.61 Å². The lowest BCUT2D eigenvalue weighted by Gasteiger charge is -2.19. The van der Waals surface area contributed by atoms with E-state index in [1.165, 1.54) is 10.4 Å². The Morgan fingerprint density at radius 3 is 2.78 bits per heavy atom. The number of hydrogen-bond acceptors (Lipinski definition) is 4. The maximum Gasteiger partial charge on any atom is 0.257 e. The molecule has 0 aliphatic carbocycles. The summed E-state index contributed by atoms with van der Waals surface area (Å²) in [6.45, 7) is 0.130. The van der Waals surface area contributed by atoms with E-state index in [2.05, 4.69) is 5.32 Å². The van der Waals surface area contributed by atoms with E-state index in [9.17, 15) is 13.2 Å². The summed E-state index contributed by atoms with van der Waals surface area (Å²) in [5.74, 6) is -0.339. The van der Waals surface area contributed by atoms with Crippen molar-refractivity contribution in [3.05, 3.63) is 58.1 Å². The van der Waals surface area contributed by atoms with Crippen LogP contribution in [0.25, 0.3) is 0 Å². The summed E-state index contributed by atoms with van der Waals surface area (Å²) >= 11 is 11.8. The zero-order chi connectivity index (χ0) is 19.4. The van der Waals surface area contributed by atoms with Gasteiger partial charge in [0.05, 0.1) is 16.5 Å². The number of rotatable bonds is 7. The second-order valence-corrected chi connectivity index (χ2v) is 8.84. The van der Waals surface area contributed by atoms with Gasteiger partial charge in [0.1, 0.15) is 5.75 Å². The Morgan fingerprint density at radius 2 is 1.96 bits per heavy atom. The molecule has 0 bridgehead atoms. The van der Waals surface area contributed by atoms with Crippen LogP contribution >= 0.6 is 23.2 Å². The van der Waals surface area contributed by atoms with Crippen LogP contribution in [0.15, 0.2) is 42.5 Å². The fraction of sp³-hybridized carbons (Fsp3) is 0.278. The van der Waals surface area contributed by atoms with Gasteiger partial charge >= 0.3 is 0 Å². The van der Waals surface area contributed by atoms with E-state index in [-0.39, 0.29) is 18.9 Å². The van der Waals surface area contributed by atoms with Gasteiger partial charge in [-0.05, 0) is 30.2 Å². The predicted octanol–water partition coefficient (Wildman–Crippen LogP) is 2.88. The van der Waals surface area contributed by atoms with E-state index in [0.717, 1.165) is 5.56 Å². The molecule has 1 heterocycles. The first-order valence-electron chi connectivity index (χ1n) is 8.30. The highest BCUT2D eigenvalue weighted by atomic mass is 35.5. The molecule has 2 aromatic rings. The van der Waals surface area contributed by atoms with Crippen LogP contribution < -0.4 is 14.4 Å². The van der Waals surface area contributed by atoms with Gasteiger partial charge in [0.25, 0.3) is 5.91 Å². The highest BCUT2D eigenvalue weighted by molar-refractivity contribution is 7.92. The van der Waals surface area contributed by atoms with Crippen molar-refractivity contribution in [3.8, 4) is 5.75 Å². The molecule has 3 rings (SSSR count). The number of carbonyl (C=O) groups is 1. The van der Waals surface area contributed by atoms with Gasteiger partial charge < -0.3 is 10.1 Å². The molecule has 144 valence electrons. The van der Waals surface area contributed by atoms with Crippen LogP contribution in [0.4, 0.5) is 5.69 Å². The van der Waals surface area contributed by atoms with E-state index < -0.39 is 15.9 Å². The molecular formula is C18H18Cl2N2O4S. The molecule has 0 saturated heterocycles. The molecular weight excluding hydrogens is 411 g/mol. The number of nitrogens with one attached hydrogen (secondary N) is 1. The highest BCUT2D eigenvalue weighted by Gasteiger charge is 2.28. The van der Waals surface area contributed by atoms with Crippen molar-refractivity contribution in [2.75, 3.05) is 29.8 Å². The summed E-state index contributed by atoms with van der Waals surface area (Å²) in [6, 6.07) is 12.1. The number of halogens is 2. The van der Waals surface area contributed by atoms with Crippen molar-refractivity contribution < 1.29 is 17.9 Å². The Bertz CT molecular complexity index is 950. The van der Waals surface area contributed by atoms with Crippen molar-refractivity contribution in [1.82, 2.24) is 5.32 Å². The molecule has 1 amide bonds. The molecule has 9 heteroatoms. The number of fused-ring (bicyclic) bond motifs is 1. The lowest BCUT2D eigenvalue weighted by molar-refractivity contribution is -0.122. The number of nitrogens with zero attached hydrogens (tertiary/aromatic N) is 1. The number of benzene rings is 2. The Morgan fingerprint density at radius 1 is 1.19 bits per heavy atom. The van der Waals surface area contributed by atoms with Crippen molar-refractivity contribution in [3.63, 3.8) is 0 Å². The molecule has 0 saturated carbocycles. The lowest BCUT2D eigenvalue weighted by atomic mass is 10.2. The van der Waals surface area contributed by atoms with E-state index in [4.69, 9.17) is 27.9 Å². The molecule has 0 atom stereocenters. The van der Waals surface area contributed by atoms with Crippen LogP contribution in [0.1, 0.15) is 5.56 Å². The predicted molar refractivity (Wildman–Crippen MR) is 106 cm³/mol. The molecule has 0 spiro atoms. The van der Waals surface area contributed by atoms with Gasteiger partial charge in [-0.1, -0.05) is 41.4 Å². The first-order chi connectivity index (χ1) is 12.9. The summed E-state index contributed by atoms with van der Waals surface area (Å²) in [5, 5.41) is 3.32. The maximum absolute atomic E-state index is 12.5. The zero-order valence-electron chi connectivity index (χ0n) is 14.3. The summed E-state index contributed by atoms with van der Waals surface area (Å²) in [6.07, 6.45) is 0.690. The third-order valence-electron chi connectivity index (χ3n) is 4.11. The van der Waals surface area contributed by atoms with Crippen molar-refractivity contribution in [2.24, 2.45) is 0 Å². The van der Waals surface area contributed by atoms with Crippen LogP contribution in [-0.4, -0.2) is 39.8 Å². The third-order valence-corrected chi connectivity index (χ3v) is 6.43. The molecule has 0 fully saturated rings. The van der Waals surface area contributed by atoms with Crippen LogP contribution in [0.3, 0.4) is 0 Å². The van der Waals surface area contributed by atoms with E-state index in [0.29, 0.717) is 34.4 Å². The normalized spacial score (nSPS) is 13.3. The second kappa shape index (κ2) is 8.37. The van der Waals surface area contributed by atoms with E-state index in [1.54, 1.807) is 18.2 Å². The number of hydrogen-bond donors (Lipinski definition) is 1. The molecule has 6 nitrogen and oxygen atoms in total. The minimum atomic E-state index is -3.51. The van der Waals surface area contributed by atoms with Crippen LogP contribution in [0, 0.1) is 0 Å². The average molecular weight is 429 g/mol. The molecule has 1 aliphatic rings. The Labute approximate surface area is 168 Å². The Kier molecular flexibility index (Phi) is 6.14. The molecule has 2 aromatic carbocycles. The third kappa shape index (κ3) is 4.86. The smallest absolute Gasteiger partial charge is 0.257 e. The monoisotopic (exact) mass is 428 g/mol. The number of anilines is 1. The van der Waals surface area contributed by atoms with Crippen molar-refractivity contribution in [1.29, 1.82) is 0 Å². The average Bonchev–Trinajstić information content (AvgIpc) is 3.07. The number of amides is 1. The fourth-order valence-electron chi connectivity index (χ4n) is 2.81. The van der Waals surface area contributed by atoms with Crippen molar-refractivity contribution >= 4 is 44.8 Å². The van der Waals surface area contributed by atoms with Gasteiger partial charge in [0.2, 0.25) is 10.0 Å². The standard InChI is InChI=1S/C18H18Cl2N2O4S/c19-14-5-6-15(20)17(11-14)26-12-18(23)21-8-10-27(24,25)22-9-7-13-3-1-2-4-16(13)22/h1-6,11H,7-10,12H2,(H,21,23). The van der Waals surface area contributed by atoms with Gasteiger partial charge in [0, 0.05) is 24.2 Å². The second-order valence-electron chi connectivity index (χ2n) is 5.98. The topological polar surface area (TPSA) is 75.7 Å². The van der Waals surface area contributed by atoms with Crippen LogP contribution in [0.5, 0.6) is 5.75 Å². The number of para-hydroxylation sites is 1. The highest BCUT2D eigenvalue weighted by Crippen LogP contribution is 2.30. The minimum absolute atomic E-state index is 0.00747. The molecule has 27 heavy (non-hydrogen) atoms. The summed E-state index contributed by atoms with van der Waals surface area (Å²) in [7, 11) is -3.51. The summed E-state index contributed by atoms with van der Waals surface area (Å²) < 4.78 is 31.8. The minimum Gasteiger partial charge on any atom is -0.482 e. The van der Waals surface area contributed by atoms with Crippen LogP contribution in [-0.2, 0) is 21.2 Å². The number of carbonyl (C=O) groups excluding carboxylic acids is 1. The first kappa shape index (κ1) is 19.8. The summed E-state index contributed by atoms with van der Waals surface area (Å²) in [5.41, 5.74) is 1.72.